The highest BCUT2D eigenvalue weighted by molar-refractivity contribution is 7.17. The van der Waals surface area contributed by atoms with Gasteiger partial charge >= 0.3 is 0 Å². The summed E-state index contributed by atoms with van der Waals surface area (Å²) in [5.41, 5.74) is 1.54. The van der Waals surface area contributed by atoms with Crippen molar-refractivity contribution in [2.45, 2.75) is 19.9 Å². The van der Waals surface area contributed by atoms with E-state index in [2.05, 4.69) is 20.2 Å². The third kappa shape index (κ3) is 4.17. The van der Waals surface area contributed by atoms with E-state index in [4.69, 9.17) is 4.74 Å². The maximum atomic E-state index is 12.6. The van der Waals surface area contributed by atoms with Crippen molar-refractivity contribution in [3.63, 3.8) is 0 Å². The smallest absolute Gasteiger partial charge is 0.263 e. The number of aryl methyl sites for hydroxylation is 1. The zero-order chi connectivity index (χ0) is 16.9. The van der Waals surface area contributed by atoms with E-state index >= 15 is 0 Å². The van der Waals surface area contributed by atoms with E-state index in [0.717, 1.165) is 49.2 Å². The Kier molecular flexibility index (Phi) is 5.55. The number of aromatic nitrogens is 2. The maximum Gasteiger partial charge on any atom is 0.263 e. The summed E-state index contributed by atoms with van der Waals surface area (Å²) in [7, 11) is 0. The lowest BCUT2D eigenvalue weighted by molar-refractivity contribution is 0.0342. The number of hydrogen-bond donors (Lipinski definition) is 1. The average Bonchev–Trinajstić information content (AvgIpc) is 2.98. The second-order valence-electron chi connectivity index (χ2n) is 5.94. The van der Waals surface area contributed by atoms with Crippen LogP contribution in [-0.4, -0.2) is 59.7 Å². The van der Waals surface area contributed by atoms with Crippen molar-refractivity contribution >= 4 is 17.2 Å². The van der Waals surface area contributed by atoms with Gasteiger partial charge in [-0.05, 0) is 26.0 Å². The number of pyridine rings is 1. The van der Waals surface area contributed by atoms with Crippen LogP contribution in [0.2, 0.25) is 0 Å². The van der Waals surface area contributed by atoms with Crippen LogP contribution in [-0.2, 0) is 4.74 Å². The number of nitrogens with zero attached hydrogens (tertiary/aromatic N) is 3. The van der Waals surface area contributed by atoms with Crippen molar-refractivity contribution in [3.8, 4) is 10.7 Å². The molecule has 1 aliphatic heterocycles. The fourth-order valence-electron chi connectivity index (χ4n) is 2.71. The number of amides is 1. The van der Waals surface area contributed by atoms with Gasteiger partial charge in [-0.25, -0.2) is 4.98 Å². The fourth-order valence-corrected chi connectivity index (χ4v) is 3.66. The molecule has 1 N–H and O–H groups in total. The van der Waals surface area contributed by atoms with Crippen molar-refractivity contribution in [2.75, 3.05) is 32.8 Å². The predicted octanol–water partition coefficient (Wildman–Crippen LogP) is 1.96. The monoisotopic (exact) mass is 346 g/mol. The quantitative estimate of drug-likeness (QED) is 0.896. The summed E-state index contributed by atoms with van der Waals surface area (Å²) >= 11 is 1.39. The second kappa shape index (κ2) is 7.83. The van der Waals surface area contributed by atoms with Crippen LogP contribution in [0, 0.1) is 6.92 Å². The number of rotatable bonds is 5. The van der Waals surface area contributed by atoms with Gasteiger partial charge in [0.1, 0.15) is 9.88 Å². The van der Waals surface area contributed by atoms with E-state index in [1.165, 1.54) is 11.3 Å². The number of ether oxygens (including phenoxy) is 1. The predicted molar refractivity (Wildman–Crippen MR) is 94.3 cm³/mol. The highest BCUT2D eigenvalue weighted by Gasteiger charge is 2.20. The van der Waals surface area contributed by atoms with Crippen LogP contribution >= 0.6 is 11.3 Å². The SMILES string of the molecule is Cc1nc(-c2ccccn2)sc1C(=O)N[C@H](C)CN1CCOCC1. The van der Waals surface area contributed by atoms with Crippen LogP contribution in [0.25, 0.3) is 10.7 Å². The number of nitrogens with one attached hydrogen (secondary N) is 1. The molecule has 1 fully saturated rings. The molecular weight excluding hydrogens is 324 g/mol. The minimum atomic E-state index is -0.0621. The van der Waals surface area contributed by atoms with Crippen LogP contribution in [0.5, 0.6) is 0 Å². The first-order valence-electron chi connectivity index (χ1n) is 8.13. The molecule has 2 aromatic heterocycles. The van der Waals surface area contributed by atoms with Gasteiger partial charge < -0.3 is 10.1 Å². The fraction of sp³-hybridized carbons (Fsp3) is 0.471. The second-order valence-corrected chi connectivity index (χ2v) is 6.94. The van der Waals surface area contributed by atoms with Gasteiger partial charge in [-0.2, -0.15) is 0 Å². The van der Waals surface area contributed by atoms with E-state index in [-0.39, 0.29) is 11.9 Å². The maximum absolute atomic E-state index is 12.6. The molecular formula is C17H22N4O2S. The van der Waals surface area contributed by atoms with E-state index in [1.54, 1.807) is 6.20 Å². The van der Waals surface area contributed by atoms with E-state index in [0.29, 0.717) is 4.88 Å². The van der Waals surface area contributed by atoms with Gasteiger partial charge in [0.2, 0.25) is 0 Å². The number of carbonyl (C=O) groups excluding carboxylic acids is 1. The summed E-state index contributed by atoms with van der Waals surface area (Å²) in [5, 5.41) is 3.85. The first-order valence-corrected chi connectivity index (χ1v) is 8.95. The topological polar surface area (TPSA) is 67.4 Å². The summed E-state index contributed by atoms with van der Waals surface area (Å²) in [4.78, 5) is 24.3. The van der Waals surface area contributed by atoms with E-state index < -0.39 is 0 Å². The zero-order valence-electron chi connectivity index (χ0n) is 14.0. The Balaban J connectivity index is 1.63. The molecule has 2 aromatic rings. The normalized spacial score (nSPS) is 16.8. The molecule has 0 aromatic carbocycles. The third-order valence-corrected chi connectivity index (χ3v) is 5.08. The first kappa shape index (κ1) is 17.0. The summed E-state index contributed by atoms with van der Waals surface area (Å²) in [6.45, 7) is 8.10. The minimum Gasteiger partial charge on any atom is -0.379 e. The standard InChI is InChI=1S/C17H22N4O2S/c1-12(11-21-7-9-23-10-8-21)19-16(22)15-13(2)20-17(24-15)14-5-3-4-6-18-14/h3-6,12H,7-11H2,1-2H3,(H,19,22)/t12-/m1/s1. The number of morpholine rings is 1. The molecule has 0 saturated carbocycles. The van der Waals surface area contributed by atoms with Gasteiger partial charge in [0.25, 0.3) is 5.91 Å². The van der Waals surface area contributed by atoms with Gasteiger partial charge in [-0.1, -0.05) is 6.07 Å². The molecule has 128 valence electrons. The zero-order valence-corrected chi connectivity index (χ0v) is 14.8. The Morgan fingerprint density at radius 3 is 2.92 bits per heavy atom. The third-order valence-electron chi connectivity index (χ3n) is 3.90. The van der Waals surface area contributed by atoms with E-state index in [9.17, 15) is 4.79 Å². The molecule has 3 heterocycles. The Bertz CT molecular complexity index is 683. The van der Waals surface area contributed by atoms with Gasteiger partial charge in [0.15, 0.2) is 0 Å². The molecule has 1 atom stereocenters. The van der Waals surface area contributed by atoms with Crippen molar-refractivity contribution in [2.24, 2.45) is 0 Å². The molecule has 3 rings (SSSR count). The van der Waals surface area contributed by atoms with Gasteiger partial charge in [0, 0.05) is 31.9 Å². The van der Waals surface area contributed by atoms with Crippen LogP contribution < -0.4 is 5.32 Å². The molecule has 0 aliphatic carbocycles. The van der Waals surface area contributed by atoms with Gasteiger partial charge in [0.05, 0.1) is 24.6 Å². The minimum absolute atomic E-state index is 0.0621. The highest BCUT2D eigenvalue weighted by Crippen LogP contribution is 2.26. The van der Waals surface area contributed by atoms with Crippen molar-refractivity contribution < 1.29 is 9.53 Å². The Morgan fingerprint density at radius 2 is 2.21 bits per heavy atom. The molecule has 0 spiro atoms. The molecule has 1 aliphatic rings. The van der Waals surface area contributed by atoms with Crippen molar-refractivity contribution in [1.82, 2.24) is 20.2 Å². The molecule has 7 heteroatoms. The highest BCUT2D eigenvalue weighted by atomic mass is 32.1. The Morgan fingerprint density at radius 1 is 1.42 bits per heavy atom. The van der Waals surface area contributed by atoms with Crippen LogP contribution in [0.4, 0.5) is 0 Å². The van der Waals surface area contributed by atoms with Gasteiger partial charge in [-0.15, -0.1) is 11.3 Å². The Hall–Kier alpha value is -1.83. The summed E-state index contributed by atoms with van der Waals surface area (Å²) < 4.78 is 5.35. The lowest BCUT2D eigenvalue weighted by atomic mass is 10.2. The van der Waals surface area contributed by atoms with Crippen LogP contribution in [0.15, 0.2) is 24.4 Å². The first-order chi connectivity index (χ1) is 11.6. The summed E-state index contributed by atoms with van der Waals surface area (Å²) in [6, 6.07) is 5.77. The molecule has 1 amide bonds. The lowest BCUT2D eigenvalue weighted by Gasteiger charge is -2.29. The average molecular weight is 346 g/mol. The molecule has 0 unspecified atom stereocenters. The lowest BCUT2D eigenvalue weighted by Crippen LogP contribution is -2.46. The molecule has 0 bridgehead atoms. The molecule has 6 nitrogen and oxygen atoms in total. The molecule has 24 heavy (non-hydrogen) atoms. The summed E-state index contributed by atoms with van der Waals surface area (Å²) in [5.74, 6) is -0.0621. The molecule has 1 saturated heterocycles. The van der Waals surface area contributed by atoms with Crippen molar-refractivity contribution in [3.05, 3.63) is 35.0 Å². The van der Waals surface area contributed by atoms with Crippen molar-refractivity contribution in [1.29, 1.82) is 0 Å². The number of thiazole rings is 1. The van der Waals surface area contributed by atoms with Crippen LogP contribution in [0.1, 0.15) is 22.3 Å². The van der Waals surface area contributed by atoms with E-state index in [1.807, 2.05) is 32.0 Å². The largest absolute Gasteiger partial charge is 0.379 e. The molecule has 0 radical (unpaired) electrons. The van der Waals surface area contributed by atoms with Crippen LogP contribution in [0.3, 0.4) is 0 Å². The summed E-state index contributed by atoms with van der Waals surface area (Å²) in [6.07, 6.45) is 1.73. The van der Waals surface area contributed by atoms with Gasteiger partial charge in [-0.3, -0.25) is 14.7 Å². The number of hydrogen-bond acceptors (Lipinski definition) is 6. The number of carbonyl (C=O) groups is 1. The Labute approximate surface area is 145 Å².